The molecule has 0 spiro atoms. The highest BCUT2D eigenvalue weighted by atomic mass is 19.1. The second kappa shape index (κ2) is 4.70. The van der Waals surface area contributed by atoms with E-state index < -0.39 is 5.82 Å². The van der Waals surface area contributed by atoms with Gasteiger partial charge in [0.25, 0.3) is 0 Å². The number of furan rings is 1. The van der Waals surface area contributed by atoms with Crippen LogP contribution in [0.2, 0.25) is 0 Å². The van der Waals surface area contributed by atoms with Crippen LogP contribution in [0.15, 0.2) is 28.7 Å². The second-order valence-corrected chi connectivity index (χ2v) is 4.32. The average molecular weight is 234 g/mol. The predicted molar refractivity (Wildman–Crippen MR) is 64.6 cm³/mol. The molecule has 2 aromatic rings. The maximum Gasteiger partial charge on any atom is 0.200 e. The molecule has 0 N–H and O–H groups in total. The predicted octanol–water partition coefficient (Wildman–Crippen LogP) is 4.19. The Morgan fingerprint density at radius 2 is 2.24 bits per heavy atom. The van der Waals surface area contributed by atoms with E-state index in [1.165, 1.54) is 6.07 Å². The van der Waals surface area contributed by atoms with Gasteiger partial charge in [-0.1, -0.05) is 32.4 Å². The first-order valence-corrected chi connectivity index (χ1v) is 5.85. The highest BCUT2D eigenvalue weighted by Gasteiger charge is 2.19. The molecule has 1 heterocycles. The second-order valence-electron chi connectivity index (χ2n) is 4.32. The summed E-state index contributed by atoms with van der Waals surface area (Å²) in [6.45, 7) is 3.90. The lowest BCUT2D eigenvalue weighted by molar-refractivity contribution is 0.0897. The van der Waals surface area contributed by atoms with Crippen LogP contribution in [0, 0.1) is 11.7 Å². The van der Waals surface area contributed by atoms with Crippen LogP contribution in [0.25, 0.3) is 11.0 Å². The minimum absolute atomic E-state index is 0.0533. The normalized spacial score (nSPS) is 12.9. The van der Waals surface area contributed by atoms with Crippen molar-refractivity contribution in [2.45, 2.75) is 26.7 Å². The number of hydrogen-bond acceptors (Lipinski definition) is 2. The summed E-state index contributed by atoms with van der Waals surface area (Å²) in [6.07, 6.45) is 1.76. The van der Waals surface area contributed by atoms with Crippen molar-refractivity contribution >= 4 is 16.8 Å². The molecule has 0 aliphatic heterocycles. The van der Waals surface area contributed by atoms with Gasteiger partial charge in [0.15, 0.2) is 17.2 Å². The Hall–Kier alpha value is -1.64. The van der Waals surface area contributed by atoms with Crippen LogP contribution < -0.4 is 0 Å². The molecule has 2 nitrogen and oxygen atoms in total. The fraction of sp³-hybridized carbons (Fsp3) is 0.357. The minimum Gasteiger partial charge on any atom is -0.450 e. The summed E-state index contributed by atoms with van der Waals surface area (Å²) in [7, 11) is 0. The molecule has 1 unspecified atom stereocenters. The third kappa shape index (κ3) is 2.23. The fourth-order valence-corrected chi connectivity index (χ4v) is 1.96. The smallest absolute Gasteiger partial charge is 0.200 e. The van der Waals surface area contributed by atoms with Crippen LogP contribution in [0.1, 0.15) is 37.2 Å². The molecule has 1 atom stereocenters. The molecule has 1 aromatic heterocycles. The summed E-state index contributed by atoms with van der Waals surface area (Å²) in [4.78, 5) is 12.0. The molecule has 0 amide bonds. The van der Waals surface area contributed by atoms with E-state index in [1.807, 2.05) is 13.8 Å². The molecule has 0 aliphatic rings. The number of hydrogen-bond donors (Lipinski definition) is 0. The highest BCUT2D eigenvalue weighted by molar-refractivity contribution is 5.98. The monoisotopic (exact) mass is 234 g/mol. The molecule has 1 aromatic carbocycles. The Labute approximate surface area is 99.4 Å². The van der Waals surface area contributed by atoms with Crippen molar-refractivity contribution in [3.05, 3.63) is 35.8 Å². The third-order valence-corrected chi connectivity index (χ3v) is 2.91. The quantitative estimate of drug-likeness (QED) is 0.742. The molecule has 0 radical (unpaired) electrons. The maximum absolute atomic E-state index is 13.4. The summed E-state index contributed by atoms with van der Waals surface area (Å²) in [5.74, 6) is -0.304. The van der Waals surface area contributed by atoms with Crippen molar-refractivity contribution in [3.63, 3.8) is 0 Å². The summed E-state index contributed by atoms with van der Waals surface area (Å²) >= 11 is 0. The SMILES string of the molecule is CCCC(C)C(=O)c1cc2cccc(F)c2o1. The molecule has 0 saturated carbocycles. The van der Waals surface area contributed by atoms with Gasteiger partial charge in [-0.25, -0.2) is 4.39 Å². The molecule has 3 heteroatoms. The average Bonchev–Trinajstić information content (AvgIpc) is 2.73. The number of fused-ring (bicyclic) bond motifs is 1. The van der Waals surface area contributed by atoms with Crippen molar-refractivity contribution in [3.8, 4) is 0 Å². The van der Waals surface area contributed by atoms with Gasteiger partial charge in [-0.05, 0) is 18.6 Å². The van der Waals surface area contributed by atoms with Gasteiger partial charge < -0.3 is 4.42 Å². The van der Waals surface area contributed by atoms with Crippen molar-refractivity contribution in [2.24, 2.45) is 5.92 Å². The zero-order chi connectivity index (χ0) is 12.4. The molecule has 0 aliphatic carbocycles. The van der Waals surface area contributed by atoms with Gasteiger partial charge in [0.2, 0.25) is 5.78 Å². The number of ketones is 1. The van der Waals surface area contributed by atoms with Crippen LogP contribution in [-0.2, 0) is 0 Å². The van der Waals surface area contributed by atoms with E-state index in [-0.39, 0.29) is 23.0 Å². The van der Waals surface area contributed by atoms with Gasteiger partial charge in [0.05, 0.1) is 0 Å². The standard InChI is InChI=1S/C14H15FO2/c1-3-5-9(2)13(16)12-8-10-6-4-7-11(15)14(10)17-12/h4,6-9H,3,5H2,1-2H3. The number of halogens is 1. The zero-order valence-electron chi connectivity index (χ0n) is 10.00. The molecule has 2 rings (SSSR count). The van der Waals surface area contributed by atoms with Gasteiger partial charge >= 0.3 is 0 Å². The van der Waals surface area contributed by atoms with E-state index in [0.29, 0.717) is 5.39 Å². The van der Waals surface area contributed by atoms with Crippen molar-refractivity contribution in [2.75, 3.05) is 0 Å². The lowest BCUT2D eigenvalue weighted by atomic mass is 9.99. The number of benzene rings is 1. The molecular formula is C14H15FO2. The molecular weight excluding hydrogens is 219 g/mol. The maximum atomic E-state index is 13.4. The number of carbonyl (C=O) groups excluding carboxylic acids is 1. The topological polar surface area (TPSA) is 30.2 Å². The van der Waals surface area contributed by atoms with E-state index >= 15 is 0 Å². The lowest BCUT2D eigenvalue weighted by Gasteiger charge is -2.05. The van der Waals surface area contributed by atoms with Gasteiger partial charge in [0, 0.05) is 11.3 Å². The minimum atomic E-state index is -0.426. The van der Waals surface area contributed by atoms with Crippen molar-refractivity contribution < 1.29 is 13.6 Å². The van der Waals surface area contributed by atoms with Crippen LogP contribution in [-0.4, -0.2) is 5.78 Å². The Bertz CT molecular complexity index is 542. The summed E-state index contributed by atoms with van der Waals surface area (Å²) in [5.41, 5.74) is 0.166. The van der Waals surface area contributed by atoms with Crippen LogP contribution >= 0.6 is 0 Å². The summed E-state index contributed by atoms with van der Waals surface area (Å²) in [5, 5.41) is 0.636. The summed E-state index contributed by atoms with van der Waals surface area (Å²) < 4.78 is 18.7. The highest BCUT2D eigenvalue weighted by Crippen LogP contribution is 2.24. The van der Waals surface area contributed by atoms with E-state index in [9.17, 15) is 9.18 Å². The fourth-order valence-electron chi connectivity index (χ4n) is 1.96. The van der Waals surface area contributed by atoms with Crippen molar-refractivity contribution in [1.29, 1.82) is 0 Å². The first-order chi connectivity index (χ1) is 8.13. The van der Waals surface area contributed by atoms with E-state index in [1.54, 1.807) is 18.2 Å². The first kappa shape index (κ1) is 11.8. The lowest BCUT2D eigenvalue weighted by Crippen LogP contribution is -2.09. The van der Waals surface area contributed by atoms with Gasteiger partial charge in [-0.2, -0.15) is 0 Å². The largest absolute Gasteiger partial charge is 0.450 e. The number of rotatable bonds is 4. The van der Waals surface area contributed by atoms with E-state index in [0.717, 1.165) is 12.8 Å². The van der Waals surface area contributed by atoms with Gasteiger partial charge in [0.1, 0.15) is 0 Å². The number of carbonyl (C=O) groups is 1. The molecule has 90 valence electrons. The molecule has 0 fully saturated rings. The number of Topliss-reactive ketones (excluding diaryl/α,β-unsaturated/α-hetero) is 1. The molecule has 17 heavy (non-hydrogen) atoms. The Balaban J connectivity index is 2.37. The van der Waals surface area contributed by atoms with E-state index in [4.69, 9.17) is 4.42 Å². The number of para-hydroxylation sites is 1. The van der Waals surface area contributed by atoms with E-state index in [2.05, 4.69) is 0 Å². The van der Waals surface area contributed by atoms with Crippen LogP contribution in [0.3, 0.4) is 0 Å². The Morgan fingerprint density at radius 3 is 2.88 bits per heavy atom. The van der Waals surface area contributed by atoms with Crippen molar-refractivity contribution in [1.82, 2.24) is 0 Å². The van der Waals surface area contributed by atoms with Gasteiger partial charge in [-0.3, -0.25) is 4.79 Å². The first-order valence-electron chi connectivity index (χ1n) is 5.85. The van der Waals surface area contributed by atoms with Crippen LogP contribution in [0.5, 0.6) is 0 Å². The van der Waals surface area contributed by atoms with Gasteiger partial charge in [-0.15, -0.1) is 0 Å². The Morgan fingerprint density at radius 1 is 1.47 bits per heavy atom. The third-order valence-electron chi connectivity index (χ3n) is 2.91. The Kier molecular flexibility index (Phi) is 3.27. The summed E-state index contributed by atoms with van der Waals surface area (Å²) in [6, 6.07) is 6.29. The van der Waals surface area contributed by atoms with Crippen LogP contribution in [0.4, 0.5) is 4.39 Å². The zero-order valence-corrected chi connectivity index (χ0v) is 10.00. The molecule has 0 saturated heterocycles. The molecule has 0 bridgehead atoms.